The molecule has 0 spiro atoms. The number of carbonyl (C=O) groups excluding carboxylic acids is 1. The van der Waals surface area contributed by atoms with Gasteiger partial charge in [0.2, 0.25) is 0 Å². The first-order valence-corrected chi connectivity index (χ1v) is 5.84. The predicted octanol–water partition coefficient (Wildman–Crippen LogP) is 1.58. The number of aryl methyl sites for hydroxylation is 2. The van der Waals surface area contributed by atoms with Gasteiger partial charge >= 0.3 is 0 Å². The van der Waals surface area contributed by atoms with Crippen LogP contribution in [0.15, 0.2) is 22.7 Å². The van der Waals surface area contributed by atoms with E-state index in [1.807, 2.05) is 13.8 Å². The molecular weight excluding hydrogens is 244 g/mol. The summed E-state index contributed by atoms with van der Waals surface area (Å²) in [6.07, 6.45) is 0. The van der Waals surface area contributed by atoms with Gasteiger partial charge in [-0.3, -0.25) is 4.79 Å². The molecule has 0 saturated heterocycles. The Labute approximate surface area is 110 Å². The minimum absolute atomic E-state index is 0.367. The Morgan fingerprint density at radius 3 is 2.74 bits per heavy atom. The molecule has 2 rings (SSSR count). The summed E-state index contributed by atoms with van der Waals surface area (Å²) in [6.45, 7) is 4.21. The lowest BCUT2D eigenvalue weighted by atomic mass is 10.1. The molecule has 0 aliphatic rings. The van der Waals surface area contributed by atoms with E-state index < -0.39 is 5.91 Å². The average molecular weight is 260 g/mol. The first-order chi connectivity index (χ1) is 8.99. The Bertz CT molecular complexity index is 600. The van der Waals surface area contributed by atoms with Crippen molar-refractivity contribution in [1.82, 2.24) is 5.16 Å². The van der Waals surface area contributed by atoms with Gasteiger partial charge in [0.25, 0.3) is 5.91 Å². The van der Waals surface area contributed by atoms with Crippen molar-refractivity contribution in [1.29, 1.82) is 0 Å². The number of hydrogen-bond donors (Lipinski definition) is 3. The van der Waals surface area contributed by atoms with Crippen molar-refractivity contribution < 1.29 is 9.32 Å². The summed E-state index contributed by atoms with van der Waals surface area (Å²) in [5.74, 6) is 0.231. The van der Waals surface area contributed by atoms with E-state index in [0.29, 0.717) is 23.5 Å². The van der Waals surface area contributed by atoms with Crippen molar-refractivity contribution in [3.05, 3.63) is 40.8 Å². The van der Waals surface area contributed by atoms with Gasteiger partial charge in [-0.1, -0.05) is 5.16 Å². The van der Waals surface area contributed by atoms with Crippen LogP contribution >= 0.6 is 0 Å². The van der Waals surface area contributed by atoms with Gasteiger partial charge in [-0.25, -0.2) is 0 Å². The highest BCUT2D eigenvalue weighted by Gasteiger charge is 2.12. The molecular formula is C13H16N4O2. The van der Waals surface area contributed by atoms with E-state index in [-0.39, 0.29) is 0 Å². The van der Waals surface area contributed by atoms with Crippen LogP contribution in [0.25, 0.3) is 0 Å². The fraction of sp³-hybridized carbons (Fsp3) is 0.231. The Morgan fingerprint density at radius 2 is 2.16 bits per heavy atom. The molecule has 6 nitrogen and oxygen atoms in total. The summed E-state index contributed by atoms with van der Waals surface area (Å²) in [5, 5.41) is 7.02. The van der Waals surface area contributed by atoms with Gasteiger partial charge in [0.15, 0.2) is 0 Å². The molecule has 1 heterocycles. The van der Waals surface area contributed by atoms with Gasteiger partial charge < -0.3 is 21.3 Å². The molecule has 0 fully saturated rings. The average Bonchev–Trinajstić information content (AvgIpc) is 2.68. The van der Waals surface area contributed by atoms with E-state index in [0.717, 1.165) is 17.0 Å². The van der Waals surface area contributed by atoms with Crippen molar-refractivity contribution in [3.8, 4) is 0 Å². The van der Waals surface area contributed by atoms with Gasteiger partial charge in [0, 0.05) is 23.5 Å². The molecule has 1 aromatic heterocycles. The Kier molecular flexibility index (Phi) is 3.41. The Hall–Kier alpha value is -2.50. The number of amides is 1. The second-order valence-electron chi connectivity index (χ2n) is 4.33. The number of hydrogen-bond acceptors (Lipinski definition) is 5. The van der Waals surface area contributed by atoms with Gasteiger partial charge in [-0.15, -0.1) is 0 Å². The number of carbonyl (C=O) groups is 1. The second kappa shape index (κ2) is 5.01. The third kappa shape index (κ3) is 2.67. The van der Waals surface area contributed by atoms with Gasteiger partial charge in [0.05, 0.1) is 11.3 Å². The number of aromatic nitrogens is 1. The van der Waals surface area contributed by atoms with Gasteiger partial charge in [-0.2, -0.15) is 0 Å². The number of nitrogens with one attached hydrogen (secondary N) is 1. The molecule has 0 bridgehead atoms. The van der Waals surface area contributed by atoms with Gasteiger partial charge in [-0.05, 0) is 32.0 Å². The zero-order valence-electron chi connectivity index (χ0n) is 10.9. The molecule has 0 unspecified atom stereocenters. The maximum Gasteiger partial charge on any atom is 0.250 e. The van der Waals surface area contributed by atoms with Crippen LogP contribution in [0.2, 0.25) is 0 Å². The highest BCUT2D eigenvalue weighted by Crippen LogP contribution is 2.20. The monoisotopic (exact) mass is 260 g/mol. The molecule has 0 aliphatic carbocycles. The quantitative estimate of drug-likeness (QED) is 0.723. The SMILES string of the molecule is Cc1noc(C)c1CNc1ccc(N)cc1C(N)=O. The summed E-state index contributed by atoms with van der Waals surface area (Å²) < 4.78 is 5.08. The third-order valence-corrected chi connectivity index (χ3v) is 2.95. The molecule has 0 radical (unpaired) electrons. The molecule has 1 amide bonds. The highest BCUT2D eigenvalue weighted by atomic mass is 16.5. The lowest BCUT2D eigenvalue weighted by Gasteiger charge is -2.10. The summed E-state index contributed by atoms with van der Waals surface area (Å²) in [5.41, 5.74) is 14.3. The molecule has 100 valence electrons. The fourth-order valence-electron chi connectivity index (χ4n) is 1.86. The summed E-state index contributed by atoms with van der Waals surface area (Å²) >= 11 is 0. The normalized spacial score (nSPS) is 10.4. The van der Waals surface area contributed by atoms with Crippen LogP contribution in [0.5, 0.6) is 0 Å². The smallest absolute Gasteiger partial charge is 0.250 e. The zero-order valence-corrected chi connectivity index (χ0v) is 10.9. The van der Waals surface area contributed by atoms with Crippen LogP contribution in [0.3, 0.4) is 0 Å². The van der Waals surface area contributed by atoms with Crippen LogP contribution < -0.4 is 16.8 Å². The van der Waals surface area contributed by atoms with E-state index in [9.17, 15) is 4.79 Å². The summed E-state index contributed by atoms with van der Waals surface area (Å²) in [7, 11) is 0. The largest absolute Gasteiger partial charge is 0.399 e. The molecule has 0 aliphatic heterocycles. The molecule has 19 heavy (non-hydrogen) atoms. The maximum atomic E-state index is 11.4. The number of primary amides is 1. The van der Waals surface area contributed by atoms with Crippen LogP contribution in [0.1, 0.15) is 27.4 Å². The molecule has 1 aromatic carbocycles. The zero-order chi connectivity index (χ0) is 14.0. The van der Waals surface area contributed by atoms with E-state index in [4.69, 9.17) is 16.0 Å². The van der Waals surface area contributed by atoms with E-state index >= 15 is 0 Å². The van der Waals surface area contributed by atoms with Crippen molar-refractivity contribution in [3.63, 3.8) is 0 Å². The van der Waals surface area contributed by atoms with Crippen LogP contribution in [0, 0.1) is 13.8 Å². The number of benzene rings is 1. The van der Waals surface area contributed by atoms with Crippen LogP contribution in [-0.2, 0) is 6.54 Å². The minimum atomic E-state index is -0.520. The number of nitrogen functional groups attached to an aromatic ring is 1. The molecule has 6 heteroatoms. The molecule has 2 aromatic rings. The first-order valence-electron chi connectivity index (χ1n) is 5.84. The molecule has 0 atom stereocenters. The van der Waals surface area contributed by atoms with Crippen LogP contribution in [0.4, 0.5) is 11.4 Å². The van der Waals surface area contributed by atoms with Crippen molar-refractivity contribution in [2.75, 3.05) is 11.1 Å². The first kappa shape index (κ1) is 12.9. The predicted molar refractivity (Wildman–Crippen MR) is 72.7 cm³/mol. The lowest BCUT2D eigenvalue weighted by Crippen LogP contribution is -2.15. The van der Waals surface area contributed by atoms with Crippen molar-refractivity contribution in [2.24, 2.45) is 5.73 Å². The lowest BCUT2D eigenvalue weighted by molar-refractivity contribution is 0.100. The maximum absolute atomic E-state index is 11.4. The Morgan fingerprint density at radius 1 is 1.42 bits per heavy atom. The minimum Gasteiger partial charge on any atom is -0.399 e. The van der Waals surface area contributed by atoms with E-state index in [1.165, 1.54) is 0 Å². The number of anilines is 2. The topological polar surface area (TPSA) is 107 Å². The van der Waals surface area contributed by atoms with E-state index in [1.54, 1.807) is 18.2 Å². The van der Waals surface area contributed by atoms with Crippen molar-refractivity contribution in [2.45, 2.75) is 20.4 Å². The third-order valence-electron chi connectivity index (χ3n) is 2.95. The summed E-state index contributed by atoms with van der Waals surface area (Å²) in [4.78, 5) is 11.4. The number of nitrogens with two attached hydrogens (primary N) is 2. The van der Waals surface area contributed by atoms with Gasteiger partial charge in [0.1, 0.15) is 5.76 Å². The highest BCUT2D eigenvalue weighted by molar-refractivity contribution is 5.99. The standard InChI is InChI=1S/C13H16N4O2/c1-7-11(8(2)19-17-7)6-16-12-4-3-9(14)5-10(12)13(15)18/h3-5,16H,6,14H2,1-2H3,(H2,15,18). The summed E-state index contributed by atoms with van der Waals surface area (Å²) in [6, 6.07) is 4.99. The fourth-order valence-corrected chi connectivity index (χ4v) is 1.86. The van der Waals surface area contributed by atoms with E-state index in [2.05, 4.69) is 10.5 Å². The second-order valence-corrected chi connectivity index (χ2v) is 4.33. The molecule has 5 N–H and O–H groups in total. The Balaban J connectivity index is 2.23. The van der Waals surface area contributed by atoms with Crippen LogP contribution in [-0.4, -0.2) is 11.1 Å². The number of rotatable bonds is 4. The molecule has 0 saturated carbocycles. The van der Waals surface area contributed by atoms with Crippen molar-refractivity contribution >= 4 is 17.3 Å². The number of nitrogens with zero attached hydrogens (tertiary/aromatic N) is 1.